The van der Waals surface area contributed by atoms with Crippen molar-refractivity contribution in [3.63, 3.8) is 0 Å². The number of nitrogens with one attached hydrogen (secondary N) is 1. The molecule has 0 unspecified atom stereocenters. The summed E-state index contributed by atoms with van der Waals surface area (Å²) in [5, 5.41) is 9.61. The highest BCUT2D eigenvalue weighted by molar-refractivity contribution is 9.10. The van der Waals surface area contributed by atoms with Crippen molar-refractivity contribution in [2.45, 2.75) is 19.9 Å². The number of rotatable bonds is 10. The van der Waals surface area contributed by atoms with Crippen molar-refractivity contribution in [1.82, 2.24) is 14.7 Å². The summed E-state index contributed by atoms with van der Waals surface area (Å²) in [5.74, 6) is -1.01. The quantitative estimate of drug-likeness (QED) is 0.368. The largest absolute Gasteiger partial charge is 0.385 e. The number of sulfonamides is 1. The van der Waals surface area contributed by atoms with Gasteiger partial charge < -0.3 is 9.64 Å². The fraction of sp³-hybridized carbons (Fsp3) is 0.273. The standard InChI is InChI=1S/C22H22BrN5O4S2/c1-15-20(21(29)27-34(30,31)11-3-10-32-2)26-22(33-15)28(14-18-7-6-17(23)13-25-18)19-8-4-16(12-24)5-9-19/h4-9,13H,3,10-11,14H2,1-2H3,(H,27,29). The third-order valence-electron chi connectivity index (χ3n) is 4.66. The second-order valence-electron chi connectivity index (χ2n) is 7.21. The Morgan fingerprint density at radius 3 is 2.62 bits per heavy atom. The van der Waals surface area contributed by atoms with Crippen LogP contribution in [0.1, 0.15) is 33.0 Å². The maximum atomic E-state index is 12.7. The van der Waals surface area contributed by atoms with E-state index in [1.807, 2.05) is 17.0 Å². The molecule has 3 aromatic rings. The van der Waals surface area contributed by atoms with Crippen molar-refractivity contribution in [1.29, 1.82) is 5.26 Å². The van der Waals surface area contributed by atoms with Crippen LogP contribution in [0, 0.1) is 18.3 Å². The van der Waals surface area contributed by atoms with Crippen LogP contribution >= 0.6 is 27.3 Å². The number of ether oxygens (including phenoxy) is 1. The van der Waals surface area contributed by atoms with Gasteiger partial charge in [-0.25, -0.2) is 18.1 Å². The smallest absolute Gasteiger partial charge is 0.284 e. The SMILES string of the molecule is COCCCS(=O)(=O)NC(=O)c1nc(N(Cc2ccc(Br)cn2)c2ccc(C#N)cc2)sc1C. The number of carbonyl (C=O) groups is 1. The van der Waals surface area contributed by atoms with E-state index in [0.29, 0.717) is 22.1 Å². The van der Waals surface area contributed by atoms with Gasteiger partial charge in [-0.1, -0.05) is 0 Å². The first kappa shape index (κ1) is 25.8. The fourth-order valence-electron chi connectivity index (χ4n) is 2.99. The number of aromatic nitrogens is 2. The molecule has 0 spiro atoms. The molecule has 1 N–H and O–H groups in total. The molecule has 9 nitrogen and oxygen atoms in total. The van der Waals surface area contributed by atoms with Crippen molar-refractivity contribution in [3.8, 4) is 6.07 Å². The summed E-state index contributed by atoms with van der Waals surface area (Å²) in [6, 6.07) is 12.8. The number of carbonyl (C=O) groups excluding carboxylic acids is 1. The normalized spacial score (nSPS) is 11.1. The van der Waals surface area contributed by atoms with Crippen LogP contribution in [0.4, 0.5) is 10.8 Å². The number of amides is 1. The minimum absolute atomic E-state index is 0.0396. The zero-order chi connectivity index (χ0) is 24.7. The Morgan fingerprint density at radius 2 is 2.00 bits per heavy atom. The van der Waals surface area contributed by atoms with E-state index in [-0.39, 0.29) is 24.5 Å². The van der Waals surface area contributed by atoms with E-state index in [0.717, 1.165) is 15.9 Å². The van der Waals surface area contributed by atoms with Crippen LogP contribution < -0.4 is 9.62 Å². The highest BCUT2D eigenvalue weighted by Gasteiger charge is 2.24. The van der Waals surface area contributed by atoms with Crippen molar-refractivity contribution in [3.05, 3.63) is 68.9 Å². The molecule has 34 heavy (non-hydrogen) atoms. The van der Waals surface area contributed by atoms with E-state index >= 15 is 0 Å². The predicted octanol–water partition coefficient (Wildman–Crippen LogP) is 3.92. The molecule has 0 saturated carbocycles. The summed E-state index contributed by atoms with van der Waals surface area (Å²) in [6.45, 7) is 2.34. The lowest BCUT2D eigenvalue weighted by molar-refractivity contribution is 0.0976. The van der Waals surface area contributed by atoms with Crippen LogP contribution in [0.25, 0.3) is 0 Å². The Labute approximate surface area is 210 Å². The number of methoxy groups -OCH3 is 1. The molecule has 0 fully saturated rings. The average Bonchev–Trinajstić information content (AvgIpc) is 3.20. The van der Waals surface area contributed by atoms with E-state index in [2.05, 4.69) is 36.7 Å². The number of benzene rings is 1. The van der Waals surface area contributed by atoms with Crippen molar-refractivity contribution in [2.24, 2.45) is 0 Å². The summed E-state index contributed by atoms with van der Waals surface area (Å²) < 4.78 is 32.3. The molecule has 0 atom stereocenters. The maximum Gasteiger partial charge on any atom is 0.284 e. The zero-order valence-corrected chi connectivity index (χ0v) is 21.7. The topological polar surface area (TPSA) is 125 Å². The molecule has 0 aliphatic heterocycles. The minimum Gasteiger partial charge on any atom is -0.385 e. The van der Waals surface area contributed by atoms with Gasteiger partial charge >= 0.3 is 0 Å². The number of pyridine rings is 1. The first-order valence-corrected chi connectivity index (χ1v) is 13.4. The number of nitriles is 1. The third kappa shape index (κ3) is 6.83. The van der Waals surface area contributed by atoms with Crippen LogP contribution in [-0.2, 0) is 21.3 Å². The predicted molar refractivity (Wildman–Crippen MR) is 134 cm³/mol. The van der Waals surface area contributed by atoms with Gasteiger partial charge in [-0.15, -0.1) is 11.3 Å². The van der Waals surface area contributed by atoms with Crippen LogP contribution in [0.2, 0.25) is 0 Å². The number of aryl methyl sites for hydroxylation is 1. The van der Waals surface area contributed by atoms with Gasteiger partial charge in [-0.05, 0) is 65.7 Å². The molecule has 0 bridgehead atoms. The Hall–Kier alpha value is -2.85. The van der Waals surface area contributed by atoms with Crippen LogP contribution in [-0.4, -0.2) is 43.8 Å². The van der Waals surface area contributed by atoms with Gasteiger partial charge in [-0.3, -0.25) is 9.78 Å². The monoisotopic (exact) mass is 563 g/mol. The minimum atomic E-state index is -3.82. The Kier molecular flexibility index (Phi) is 8.73. The molecular formula is C22H22BrN5O4S2. The third-order valence-corrected chi connectivity index (χ3v) is 7.44. The van der Waals surface area contributed by atoms with Crippen molar-refractivity contribution in [2.75, 3.05) is 24.4 Å². The highest BCUT2D eigenvalue weighted by atomic mass is 79.9. The Balaban J connectivity index is 1.90. The number of halogens is 1. The van der Waals surface area contributed by atoms with Gasteiger partial charge in [0.05, 0.1) is 29.6 Å². The molecule has 0 radical (unpaired) electrons. The summed E-state index contributed by atoms with van der Waals surface area (Å²) in [6.07, 6.45) is 1.96. The lowest BCUT2D eigenvalue weighted by atomic mass is 10.2. The van der Waals surface area contributed by atoms with Gasteiger partial charge in [0, 0.05) is 35.0 Å². The van der Waals surface area contributed by atoms with Gasteiger partial charge in [0.25, 0.3) is 5.91 Å². The Bertz CT molecular complexity index is 1290. The molecule has 0 aliphatic rings. The lowest BCUT2D eigenvalue weighted by Crippen LogP contribution is -2.33. The number of thiazole rings is 1. The molecule has 1 amide bonds. The highest BCUT2D eigenvalue weighted by Crippen LogP contribution is 2.33. The first-order valence-electron chi connectivity index (χ1n) is 10.1. The molecule has 1 aromatic carbocycles. The Morgan fingerprint density at radius 1 is 1.26 bits per heavy atom. The van der Waals surface area contributed by atoms with Gasteiger partial charge in [0.1, 0.15) is 5.69 Å². The molecule has 2 aromatic heterocycles. The van der Waals surface area contributed by atoms with E-state index in [1.165, 1.54) is 18.4 Å². The van der Waals surface area contributed by atoms with E-state index < -0.39 is 15.9 Å². The molecule has 2 heterocycles. The number of anilines is 2. The second kappa shape index (κ2) is 11.5. The van der Waals surface area contributed by atoms with Crippen molar-refractivity contribution < 1.29 is 17.9 Å². The fourth-order valence-corrected chi connectivity index (χ4v) is 5.13. The molecular weight excluding hydrogens is 542 g/mol. The first-order chi connectivity index (χ1) is 16.2. The number of nitrogens with zero attached hydrogens (tertiary/aromatic N) is 4. The van der Waals surface area contributed by atoms with Gasteiger partial charge in [0.15, 0.2) is 5.13 Å². The summed E-state index contributed by atoms with van der Waals surface area (Å²) in [7, 11) is -2.33. The van der Waals surface area contributed by atoms with E-state index in [1.54, 1.807) is 37.4 Å². The summed E-state index contributed by atoms with van der Waals surface area (Å²) in [4.78, 5) is 24.0. The van der Waals surface area contributed by atoms with Crippen LogP contribution in [0.5, 0.6) is 0 Å². The zero-order valence-electron chi connectivity index (χ0n) is 18.5. The molecule has 0 saturated heterocycles. The van der Waals surface area contributed by atoms with E-state index in [9.17, 15) is 13.2 Å². The number of hydrogen-bond donors (Lipinski definition) is 1. The molecule has 178 valence electrons. The van der Waals surface area contributed by atoms with Gasteiger partial charge in [0.2, 0.25) is 10.0 Å². The van der Waals surface area contributed by atoms with Crippen LogP contribution in [0.15, 0.2) is 47.1 Å². The van der Waals surface area contributed by atoms with Crippen LogP contribution in [0.3, 0.4) is 0 Å². The molecule has 3 rings (SSSR count). The average molecular weight is 564 g/mol. The second-order valence-corrected chi connectivity index (χ2v) is 11.1. The van der Waals surface area contributed by atoms with E-state index in [4.69, 9.17) is 10.00 Å². The van der Waals surface area contributed by atoms with Crippen molar-refractivity contribution >= 4 is 54.0 Å². The number of hydrogen-bond acceptors (Lipinski definition) is 9. The van der Waals surface area contributed by atoms with Gasteiger partial charge in [-0.2, -0.15) is 5.26 Å². The lowest BCUT2D eigenvalue weighted by Gasteiger charge is -2.21. The summed E-state index contributed by atoms with van der Waals surface area (Å²) in [5.41, 5.74) is 2.06. The maximum absolute atomic E-state index is 12.7. The molecule has 12 heteroatoms. The molecule has 0 aliphatic carbocycles. The summed E-state index contributed by atoms with van der Waals surface area (Å²) >= 11 is 4.63.